The SMILES string of the molecule is Oc1ccccc1NCc1ccnc(Br)c1. The van der Waals surface area contributed by atoms with Gasteiger partial charge in [0.05, 0.1) is 5.69 Å². The number of aromatic hydroxyl groups is 1. The molecule has 2 N–H and O–H groups in total. The van der Waals surface area contributed by atoms with E-state index in [4.69, 9.17) is 0 Å². The molecule has 4 heteroatoms. The van der Waals surface area contributed by atoms with Crippen molar-refractivity contribution in [3.05, 3.63) is 52.8 Å². The van der Waals surface area contributed by atoms with Crippen LogP contribution in [0.25, 0.3) is 0 Å². The third kappa shape index (κ3) is 2.73. The molecule has 2 rings (SSSR count). The van der Waals surface area contributed by atoms with Crippen LogP contribution < -0.4 is 5.32 Å². The van der Waals surface area contributed by atoms with Crippen LogP contribution >= 0.6 is 15.9 Å². The van der Waals surface area contributed by atoms with Gasteiger partial charge in [0.2, 0.25) is 0 Å². The molecule has 1 aromatic heterocycles. The van der Waals surface area contributed by atoms with Crippen molar-refractivity contribution in [2.24, 2.45) is 0 Å². The molecule has 16 heavy (non-hydrogen) atoms. The van der Waals surface area contributed by atoms with Crippen molar-refractivity contribution in [3.63, 3.8) is 0 Å². The van der Waals surface area contributed by atoms with Crippen molar-refractivity contribution in [1.29, 1.82) is 0 Å². The topological polar surface area (TPSA) is 45.1 Å². The summed E-state index contributed by atoms with van der Waals surface area (Å²) in [5.41, 5.74) is 1.83. The number of pyridine rings is 1. The van der Waals surface area contributed by atoms with Gasteiger partial charge in [0.15, 0.2) is 0 Å². The second-order valence-corrected chi connectivity index (χ2v) is 4.17. The summed E-state index contributed by atoms with van der Waals surface area (Å²) in [6.07, 6.45) is 1.74. The van der Waals surface area contributed by atoms with E-state index < -0.39 is 0 Å². The summed E-state index contributed by atoms with van der Waals surface area (Å²) in [5, 5.41) is 12.7. The van der Waals surface area contributed by atoms with E-state index in [-0.39, 0.29) is 5.75 Å². The number of rotatable bonds is 3. The summed E-state index contributed by atoms with van der Waals surface area (Å²) in [5.74, 6) is 0.260. The van der Waals surface area contributed by atoms with E-state index in [2.05, 4.69) is 26.2 Å². The van der Waals surface area contributed by atoms with Crippen LogP contribution in [0.3, 0.4) is 0 Å². The van der Waals surface area contributed by atoms with Crippen LogP contribution in [-0.4, -0.2) is 10.1 Å². The number of para-hydroxylation sites is 2. The Balaban J connectivity index is 2.05. The molecule has 0 aliphatic rings. The van der Waals surface area contributed by atoms with Gasteiger partial charge < -0.3 is 10.4 Å². The number of nitrogens with zero attached hydrogens (tertiary/aromatic N) is 1. The first-order valence-corrected chi connectivity index (χ1v) is 5.67. The van der Waals surface area contributed by atoms with E-state index in [1.807, 2.05) is 24.3 Å². The fourth-order valence-corrected chi connectivity index (χ4v) is 1.79. The number of benzene rings is 1. The number of phenols is 1. The first kappa shape index (κ1) is 11.0. The number of nitrogens with one attached hydrogen (secondary N) is 1. The highest BCUT2D eigenvalue weighted by Crippen LogP contribution is 2.22. The lowest BCUT2D eigenvalue weighted by Gasteiger charge is -2.08. The molecule has 0 unspecified atom stereocenters. The Labute approximate surface area is 102 Å². The normalized spacial score (nSPS) is 10.1. The molecule has 0 radical (unpaired) electrons. The van der Waals surface area contributed by atoms with Crippen molar-refractivity contribution in [1.82, 2.24) is 4.98 Å². The van der Waals surface area contributed by atoms with Crippen LogP contribution in [0.5, 0.6) is 5.75 Å². The van der Waals surface area contributed by atoms with Crippen LogP contribution in [0.4, 0.5) is 5.69 Å². The molecule has 1 heterocycles. The van der Waals surface area contributed by atoms with Gasteiger partial charge in [-0.1, -0.05) is 12.1 Å². The van der Waals surface area contributed by atoms with Crippen molar-refractivity contribution in [3.8, 4) is 5.75 Å². The summed E-state index contributed by atoms with van der Waals surface area (Å²) in [7, 11) is 0. The fourth-order valence-electron chi connectivity index (χ4n) is 1.37. The van der Waals surface area contributed by atoms with Crippen molar-refractivity contribution in [2.45, 2.75) is 6.54 Å². The molecule has 0 spiro atoms. The molecule has 0 bridgehead atoms. The maximum Gasteiger partial charge on any atom is 0.138 e. The van der Waals surface area contributed by atoms with Crippen LogP contribution in [0.1, 0.15) is 5.56 Å². The lowest BCUT2D eigenvalue weighted by Crippen LogP contribution is -1.99. The second kappa shape index (κ2) is 4.99. The summed E-state index contributed by atoms with van der Waals surface area (Å²) >= 11 is 3.31. The second-order valence-electron chi connectivity index (χ2n) is 3.36. The van der Waals surface area contributed by atoms with Gasteiger partial charge >= 0.3 is 0 Å². The van der Waals surface area contributed by atoms with Gasteiger partial charge in [0, 0.05) is 12.7 Å². The highest BCUT2D eigenvalue weighted by Gasteiger charge is 1.99. The molecule has 0 aliphatic heterocycles. The number of anilines is 1. The maximum absolute atomic E-state index is 9.56. The molecule has 0 aliphatic carbocycles. The Morgan fingerprint density at radius 1 is 1.25 bits per heavy atom. The molecule has 0 fully saturated rings. The van der Waals surface area contributed by atoms with Gasteiger partial charge in [0.1, 0.15) is 10.4 Å². The summed E-state index contributed by atoms with van der Waals surface area (Å²) in [6, 6.07) is 11.0. The maximum atomic E-state index is 9.56. The highest BCUT2D eigenvalue weighted by atomic mass is 79.9. The first-order valence-electron chi connectivity index (χ1n) is 4.88. The van der Waals surface area contributed by atoms with E-state index in [1.165, 1.54) is 0 Å². The minimum atomic E-state index is 0.260. The van der Waals surface area contributed by atoms with Crippen LogP contribution in [-0.2, 0) is 6.54 Å². The fraction of sp³-hybridized carbons (Fsp3) is 0.0833. The van der Waals surface area contributed by atoms with Crippen LogP contribution in [0.2, 0.25) is 0 Å². The highest BCUT2D eigenvalue weighted by molar-refractivity contribution is 9.10. The number of hydrogen-bond acceptors (Lipinski definition) is 3. The molecule has 0 saturated heterocycles. The molecule has 2 aromatic rings. The Morgan fingerprint density at radius 3 is 2.81 bits per heavy atom. The van der Waals surface area contributed by atoms with Crippen molar-refractivity contribution >= 4 is 21.6 Å². The molecular formula is C12H11BrN2O. The molecule has 0 saturated carbocycles. The quantitative estimate of drug-likeness (QED) is 0.670. The zero-order valence-corrected chi connectivity index (χ0v) is 10.1. The van der Waals surface area contributed by atoms with Gasteiger partial charge in [-0.2, -0.15) is 0 Å². The van der Waals surface area contributed by atoms with Crippen molar-refractivity contribution < 1.29 is 5.11 Å². The zero-order chi connectivity index (χ0) is 11.4. The van der Waals surface area contributed by atoms with E-state index in [0.717, 1.165) is 15.9 Å². The summed E-state index contributed by atoms with van der Waals surface area (Å²) in [4.78, 5) is 4.05. The average Bonchev–Trinajstić information content (AvgIpc) is 2.28. The Kier molecular flexibility index (Phi) is 3.41. The third-order valence-electron chi connectivity index (χ3n) is 2.18. The van der Waals surface area contributed by atoms with Gasteiger partial charge in [0.25, 0.3) is 0 Å². The smallest absolute Gasteiger partial charge is 0.138 e. The minimum absolute atomic E-state index is 0.260. The molecular weight excluding hydrogens is 268 g/mol. The monoisotopic (exact) mass is 278 g/mol. The van der Waals surface area contributed by atoms with Crippen molar-refractivity contribution in [2.75, 3.05) is 5.32 Å². The van der Waals surface area contributed by atoms with E-state index in [0.29, 0.717) is 6.54 Å². The molecule has 82 valence electrons. The first-order chi connectivity index (χ1) is 7.75. The summed E-state index contributed by atoms with van der Waals surface area (Å²) in [6.45, 7) is 0.651. The van der Waals surface area contributed by atoms with Gasteiger partial charge in [-0.15, -0.1) is 0 Å². The zero-order valence-electron chi connectivity index (χ0n) is 8.52. The van der Waals surface area contributed by atoms with E-state index in [1.54, 1.807) is 18.3 Å². The number of halogens is 1. The standard InChI is InChI=1S/C12H11BrN2O/c13-12-7-9(5-6-14-12)8-15-10-3-1-2-4-11(10)16/h1-7,15-16H,8H2. The molecule has 0 amide bonds. The predicted octanol–water partition coefficient (Wildman–Crippen LogP) is 3.16. The van der Waals surface area contributed by atoms with Gasteiger partial charge in [-0.05, 0) is 45.8 Å². The van der Waals surface area contributed by atoms with Crippen LogP contribution in [0.15, 0.2) is 47.2 Å². The number of phenolic OH excluding ortho intramolecular Hbond substituents is 1. The molecule has 1 aromatic carbocycles. The Hall–Kier alpha value is -1.55. The Morgan fingerprint density at radius 2 is 2.06 bits per heavy atom. The third-order valence-corrected chi connectivity index (χ3v) is 2.61. The summed E-state index contributed by atoms with van der Waals surface area (Å²) < 4.78 is 0.809. The average molecular weight is 279 g/mol. The van der Waals surface area contributed by atoms with Crippen LogP contribution in [0, 0.1) is 0 Å². The predicted molar refractivity (Wildman–Crippen MR) is 67.4 cm³/mol. The van der Waals surface area contributed by atoms with Gasteiger partial charge in [-0.25, -0.2) is 4.98 Å². The minimum Gasteiger partial charge on any atom is -0.506 e. The van der Waals surface area contributed by atoms with E-state index in [9.17, 15) is 5.11 Å². The number of aromatic nitrogens is 1. The molecule has 3 nitrogen and oxygen atoms in total. The van der Waals surface area contributed by atoms with E-state index >= 15 is 0 Å². The largest absolute Gasteiger partial charge is 0.506 e. The number of hydrogen-bond donors (Lipinski definition) is 2. The van der Waals surface area contributed by atoms with Gasteiger partial charge in [-0.3, -0.25) is 0 Å². The lowest BCUT2D eigenvalue weighted by molar-refractivity contribution is 0.477. The lowest BCUT2D eigenvalue weighted by atomic mass is 10.2. The molecule has 0 atom stereocenters. The Bertz CT molecular complexity index is 488.